The number of aliphatic hydroxyl groups is 1. The molecule has 0 spiro atoms. The van der Waals surface area contributed by atoms with E-state index < -0.39 is 6.10 Å². The van der Waals surface area contributed by atoms with Crippen molar-refractivity contribution < 1.29 is 9.90 Å². The van der Waals surface area contributed by atoms with Crippen molar-refractivity contribution in [2.75, 3.05) is 13.1 Å². The van der Waals surface area contributed by atoms with Gasteiger partial charge in [0.05, 0.1) is 12.5 Å². The Balaban J connectivity index is 1.69. The fourth-order valence-electron chi connectivity index (χ4n) is 3.65. The van der Waals surface area contributed by atoms with Gasteiger partial charge in [0.25, 0.3) is 0 Å². The zero-order valence-electron chi connectivity index (χ0n) is 14.4. The van der Waals surface area contributed by atoms with E-state index in [0.717, 1.165) is 18.7 Å². The molecule has 24 heavy (non-hydrogen) atoms. The van der Waals surface area contributed by atoms with Gasteiger partial charge in [-0.15, -0.1) is 0 Å². The van der Waals surface area contributed by atoms with Crippen LogP contribution < -0.4 is 0 Å². The summed E-state index contributed by atoms with van der Waals surface area (Å²) in [5.74, 6) is 0.356. The maximum atomic E-state index is 12.7. The highest BCUT2D eigenvalue weighted by atomic mass is 16.3. The molecule has 1 saturated heterocycles. The van der Waals surface area contributed by atoms with Crippen LogP contribution in [-0.4, -0.2) is 29.0 Å². The first kappa shape index (κ1) is 16.7. The molecule has 0 aromatic heterocycles. The van der Waals surface area contributed by atoms with E-state index in [4.69, 9.17) is 0 Å². The van der Waals surface area contributed by atoms with Gasteiger partial charge in [0.2, 0.25) is 5.91 Å². The van der Waals surface area contributed by atoms with Crippen LogP contribution in [0, 0.1) is 5.41 Å². The van der Waals surface area contributed by atoms with Gasteiger partial charge < -0.3 is 10.0 Å². The van der Waals surface area contributed by atoms with Crippen LogP contribution in [0.5, 0.6) is 0 Å². The minimum atomic E-state index is -0.738. The highest BCUT2D eigenvalue weighted by molar-refractivity contribution is 5.77. The lowest BCUT2D eigenvalue weighted by Crippen LogP contribution is -2.31. The van der Waals surface area contributed by atoms with Crippen molar-refractivity contribution in [3.05, 3.63) is 71.8 Å². The Morgan fingerprint density at radius 3 is 2.33 bits per heavy atom. The van der Waals surface area contributed by atoms with Crippen molar-refractivity contribution in [2.45, 2.75) is 32.3 Å². The number of rotatable bonds is 4. The van der Waals surface area contributed by atoms with E-state index in [1.165, 1.54) is 5.56 Å². The first-order valence-electron chi connectivity index (χ1n) is 8.53. The molecule has 3 heteroatoms. The molecule has 1 amide bonds. The second-order valence-electron chi connectivity index (χ2n) is 7.36. The fraction of sp³-hybridized carbons (Fsp3) is 0.381. The molecule has 2 atom stereocenters. The second kappa shape index (κ2) is 6.78. The molecule has 0 saturated carbocycles. The van der Waals surface area contributed by atoms with Gasteiger partial charge in [0.15, 0.2) is 0 Å². The van der Waals surface area contributed by atoms with Crippen molar-refractivity contribution in [3.8, 4) is 0 Å². The van der Waals surface area contributed by atoms with Crippen LogP contribution in [0.4, 0.5) is 0 Å². The zero-order chi connectivity index (χ0) is 17.2. The van der Waals surface area contributed by atoms with E-state index in [1.54, 1.807) is 0 Å². The predicted octanol–water partition coefficient (Wildman–Crippen LogP) is 3.76. The molecule has 1 aliphatic rings. The highest BCUT2D eigenvalue weighted by Crippen LogP contribution is 2.42. The topological polar surface area (TPSA) is 40.5 Å². The first-order valence-corrected chi connectivity index (χ1v) is 8.53. The zero-order valence-corrected chi connectivity index (χ0v) is 14.4. The van der Waals surface area contributed by atoms with Crippen LogP contribution in [0.15, 0.2) is 60.7 Å². The van der Waals surface area contributed by atoms with E-state index in [0.29, 0.717) is 5.92 Å². The third kappa shape index (κ3) is 3.51. The highest BCUT2D eigenvalue weighted by Gasteiger charge is 2.42. The van der Waals surface area contributed by atoms with E-state index in [2.05, 4.69) is 38.1 Å². The summed E-state index contributed by atoms with van der Waals surface area (Å²) in [6.45, 7) is 5.88. The van der Waals surface area contributed by atoms with Crippen LogP contribution in [0.2, 0.25) is 0 Å². The molecule has 3 rings (SSSR count). The van der Waals surface area contributed by atoms with E-state index in [9.17, 15) is 9.90 Å². The SMILES string of the molecule is CC1(C)CN(C(=O)CC(O)c2ccccc2)CC1c1ccccc1. The average molecular weight is 323 g/mol. The molecule has 0 bridgehead atoms. The monoisotopic (exact) mass is 323 g/mol. The summed E-state index contributed by atoms with van der Waals surface area (Å²) in [6, 6.07) is 19.8. The Morgan fingerprint density at radius 1 is 1.12 bits per heavy atom. The molecule has 3 nitrogen and oxygen atoms in total. The van der Waals surface area contributed by atoms with Crippen molar-refractivity contribution in [3.63, 3.8) is 0 Å². The summed E-state index contributed by atoms with van der Waals surface area (Å²) >= 11 is 0. The largest absolute Gasteiger partial charge is 0.388 e. The maximum absolute atomic E-state index is 12.7. The smallest absolute Gasteiger partial charge is 0.225 e. The molecule has 1 fully saturated rings. The van der Waals surface area contributed by atoms with Crippen LogP contribution in [0.1, 0.15) is 43.4 Å². The summed E-state index contributed by atoms with van der Waals surface area (Å²) in [6.07, 6.45) is -0.598. The van der Waals surface area contributed by atoms with Gasteiger partial charge in [-0.1, -0.05) is 74.5 Å². The van der Waals surface area contributed by atoms with Crippen molar-refractivity contribution in [2.24, 2.45) is 5.41 Å². The second-order valence-corrected chi connectivity index (χ2v) is 7.36. The van der Waals surface area contributed by atoms with Gasteiger partial charge in [-0.25, -0.2) is 0 Å². The Bertz CT molecular complexity index is 681. The van der Waals surface area contributed by atoms with Crippen LogP contribution in [0.3, 0.4) is 0 Å². The Labute approximate surface area is 143 Å². The van der Waals surface area contributed by atoms with Crippen molar-refractivity contribution >= 4 is 5.91 Å². The Hall–Kier alpha value is -2.13. The third-order valence-corrected chi connectivity index (χ3v) is 5.05. The number of aliphatic hydroxyl groups excluding tert-OH is 1. The van der Waals surface area contributed by atoms with E-state index in [1.807, 2.05) is 41.3 Å². The number of amides is 1. The Morgan fingerprint density at radius 2 is 1.71 bits per heavy atom. The Kier molecular flexibility index (Phi) is 4.72. The molecule has 1 N–H and O–H groups in total. The van der Waals surface area contributed by atoms with Crippen molar-refractivity contribution in [1.82, 2.24) is 4.90 Å². The number of likely N-dealkylation sites (tertiary alicyclic amines) is 1. The summed E-state index contributed by atoms with van der Waals surface area (Å²) in [4.78, 5) is 14.6. The third-order valence-electron chi connectivity index (χ3n) is 5.05. The first-order chi connectivity index (χ1) is 11.5. The van der Waals surface area contributed by atoms with Gasteiger partial charge in [-0.2, -0.15) is 0 Å². The van der Waals surface area contributed by atoms with Crippen LogP contribution >= 0.6 is 0 Å². The number of hydrogen-bond donors (Lipinski definition) is 1. The van der Waals surface area contributed by atoms with Crippen molar-refractivity contribution in [1.29, 1.82) is 0 Å². The summed E-state index contributed by atoms with van der Waals surface area (Å²) in [5, 5.41) is 10.3. The number of carbonyl (C=O) groups excluding carboxylic acids is 1. The van der Waals surface area contributed by atoms with Gasteiger partial charge in [0.1, 0.15) is 0 Å². The van der Waals surface area contributed by atoms with E-state index in [-0.39, 0.29) is 17.7 Å². The van der Waals surface area contributed by atoms with Gasteiger partial charge in [-0.3, -0.25) is 4.79 Å². The molecule has 2 unspecified atom stereocenters. The number of hydrogen-bond acceptors (Lipinski definition) is 2. The molecular formula is C21H25NO2. The molecule has 126 valence electrons. The lowest BCUT2D eigenvalue weighted by molar-refractivity contribution is -0.132. The molecule has 1 aliphatic heterocycles. The predicted molar refractivity (Wildman–Crippen MR) is 95.6 cm³/mol. The summed E-state index contributed by atoms with van der Waals surface area (Å²) < 4.78 is 0. The van der Waals surface area contributed by atoms with Crippen LogP contribution in [-0.2, 0) is 4.79 Å². The molecule has 2 aromatic rings. The lowest BCUT2D eigenvalue weighted by Gasteiger charge is -2.25. The molecule has 0 radical (unpaired) electrons. The normalized spacial score (nSPS) is 20.8. The van der Waals surface area contributed by atoms with Gasteiger partial charge in [0, 0.05) is 19.0 Å². The van der Waals surface area contributed by atoms with E-state index >= 15 is 0 Å². The molecule has 1 heterocycles. The minimum Gasteiger partial charge on any atom is -0.388 e. The lowest BCUT2D eigenvalue weighted by atomic mass is 9.78. The van der Waals surface area contributed by atoms with Gasteiger partial charge >= 0.3 is 0 Å². The standard InChI is InChI=1S/C21H25NO2/c1-21(2)15-22(14-18(21)16-9-5-3-6-10-16)20(24)13-19(23)17-11-7-4-8-12-17/h3-12,18-19,23H,13-15H2,1-2H3. The number of nitrogens with zero attached hydrogens (tertiary/aromatic N) is 1. The maximum Gasteiger partial charge on any atom is 0.225 e. The van der Waals surface area contributed by atoms with Crippen LogP contribution in [0.25, 0.3) is 0 Å². The number of benzene rings is 2. The van der Waals surface area contributed by atoms with Gasteiger partial charge in [-0.05, 0) is 16.5 Å². The molecule has 2 aromatic carbocycles. The molecule has 0 aliphatic carbocycles. The summed E-state index contributed by atoms with van der Waals surface area (Å²) in [5.41, 5.74) is 2.11. The quantitative estimate of drug-likeness (QED) is 0.930. The minimum absolute atomic E-state index is 0.0258. The average Bonchev–Trinajstić information content (AvgIpc) is 2.92. The summed E-state index contributed by atoms with van der Waals surface area (Å²) in [7, 11) is 0. The number of carbonyl (C=O) groups is 1. The fourth-order valence-corrected chi connectivity index (χ4v) is 3.65. The molecular weight excluding hydrogens is 298 g/mol.